The quantitative estimate of drug-likeness (QED) is 0.814. The molecular weight excluding hydrogens is 302 g/mol. The van der Waals surface area contributed by atoms with Crippen molar-refractivity contribution in [2.45, 2.75) is 23.9 Å². The molecule has 0 saturated heterocycles. The molecule has 1 amide bonds. The van der Waals surface area contributed by atoms with Gasteiger partial charge in [-0.25, -0.2) is 0 Å². The smallest absolute Gasteiger partial charge is 0.326 e. The van der Waals surface area contributed by atoms with E-state index < -0.39 is 27.4 Å². The van der Waals surface area contributed by atoms with E-state index in [0.29, 0.717) is 0 Å². The molecule has 104 valence electrons. The van der Waals surface area contributed by atoms with E-state index in [1.807, 2.05) is 0 Å². The number of halogens is 5. The van der Waals surface area contributed by atoms with Crippen molar-refractivity contribution >= 4 is 34.8 Å². The summed E-state index contributed by atoms with van der Waals surface area (Å²) in [6.45, 7) is 1.57. The van der Waals surface area contributed by atoms with E-state index in [-0.39, 0.29) is 12.1 Å². The van der Waals surface area contributed by atoms with Crippen LogP contribution >= 0.6 is 23.2 Å². The highest BCUT2D eigenvalue weighted by Crippen LogP contribution is 2.64. The van der Waals surface area contributed by atoms with Gasteiger partial charge < -0.3 is 5.32 Å². The summed E-state index contributed by atoms with van der Waals surface area (Å²) >= 11 is 11.7. The van der Waals surface area contributed by atoms with E-state index in [1.54, 1.807) is 6.92 Å². The normalized spacial score (nSPS) is 24.9. The molecule has 2 rings (SSSR count). The summed E-state index contributed by atoms with van der Waals surface area (Å²) in [7, 11) is 0. The van der Waals surface area contributed by atoms with Crippen LogP contribution in [0.15, 0.2) is 24.3 Å². The van der Waals surface area contributed by atoms with Gasteiger partial charge in [0.1, 0.15) is 4.33 Å². The zero-order valence-electron chi connectivity index (χ0n) is 9.81. The van der Waals surface area contributed by atoms with Crippen LogP contribution in [0.4, 0.5) is 18.9 Å². The lowest BCUT2D eigenvalue weighted by Crippen LogP contribution is -2.26. The van der Waals surface area contributed by atoms with Crippen molar-refractivity contribution in [1.82, 2.24) is 0 Å². The fourth-order valence-corrected chi connectivity index (χ4v) is 2.39. The Morgan fingerprint density at radius 3 is 2.42 bits per heavy atom. The second-order valence-corrected chi connectivity index (χ2v) is 6.23. The molecule has 7 heteroatoms. The molecule has 1 saturated carbocycles. The summed E-state index contributed by atoms with van der Waals surface area (Å²) in [5.41, 5.74) is -1.73. The molecule has 0 aliphatic heterocycles. The van der Waals surface area contributed by atoms with Crippen LogP contribution in [-0.4, -0.2) is 10.2 Å². The first-order valence-corrected chi connectivity index (χ1v) is 6.18. The minimum Gasteiger partial charge on any atom is -0.326 e. The van der Waals surface area contributed by atoms with E-state index in [2.05, 4.69) is 5.32 Å². The Kier molecular flexibility index (Phi) is 3.26. The van der Waals surface area contributed by atoms with Crippen molar-refractivity contribution < 1.29 is 18.0 Å². The van der Waals surface area contributed by atoms with Crippen LogP contribution in [0.25, 0.3) is 0 Å². The lowest BCUT2D eigenvalue weighted by atomic mass is 10.1. The zero-order valence-corrected chi connectivity index (χ0v) is 11.3. The summed E-state index contributed by atoms with van der Waals surface area (Å²) in [5.74, 6) is -0.489. The molecule has 0 radical (unpaired) electrons. The van der Waals surface area contributed by atoms with E-state index in [0.717, 1.165) is 12.1 Å². The summed E-state index contributed by atoms with van der Waals surface area (Å²) in [6, 6.07) is 4.40. The van der Waals surface area contributed by atoms with Crippen LogP contribution in [0.1, 0.15) is 18.9 Å². The Bertz CT molecular complexity index is 530. The Hall–Kier alpha value is -0.940. The molecular formula is C12H10Cl2F3NO. The molecule has 2 nitrogen and oxygen atoms in total. The number of benzene rings is 1. The monoisotopic (exact) mass is 311 g/mol. The average molecular weight is 312 g/mol. The molecule has 0 bridgehead atoms. The highest BCUT2D eigenvalue weighted by atomic mass is 35.5. The van der Waals surface area contributed by atoms with Crippen LogP contribution in [0, 0.1) is 5.41 Å². The van der Waals surface area contributed by atoms with Crippen molar-refractivity contribution in [3.8, 4) is 0 Å². The predicted octanol–water partition coefficient (Wildman–Crippen LogP) is 4.23. The molecule has 19 heavy (non-hydrogen) atoms. The third-order valence-corrected chi connectivity index (χ3v) is 4.31. The maximum Gasteiger partial charge on any atom is 0.416 e. The van der Waals surface area contributed by atoms with Gasteiger partial charge in [-0.05, 0) is 31.5 Å². The lowest BCUT2D eigenvalue weighted by Gasteiger charge is -2.14. The van der Waals surface area contributed by atoms with Crippen LogP contribution in [0.5, 0.6) is 0 Å². The van der Waals surface area contributed by atoms with Crippen molar-refractivity contribution in [1.29, 1.82) is 0 Å². The maximum absolute atomic E-state index is 12.5. The summed E-state index contributed by atoms with van der Waals surface area (Å²) < 4.78 is 36.4. The third kappa shape index (κ3) is 2.67. The van der Waals surface area contributed by atoms with Gasteiger partial charge in [0.25, 0.3) is 0 Å². The van der Waals surface area contributed by atoms with Crippen LogP contribution in [0.2, 0.25) is 0 Å². The number of hydrogen-bond donors (Lipinski definition) is 1. The minimum absolute atomic E-state index is 0.0667. The first-order chi connectivity index (χ1) is 8.56. The van der Waals surface area contributed by atoms with Crippen molar-refractivity contribution in [3.63, 3.8) is 0 Å². The van der Waals surface area contributed by atoms with Gasteiger partial charge in [-0.15, -0.1) is 23.2 Å². The molecule has 0 aromatic heterocycles. The SMILES string of the molecule is CC1(C(=O)Nc2cccc(C(F)(F)F)c2)CC1(Cl)Cl. The summed E-state index contributed by atoms with van der Waals surface area (Å²) in [6.07, 6.45) is -4.18. The molecule has 1 aliphatic rings. The minimum atomic E-state index is -4.45. The van der Waals surface area contributed by atoms with Crippen LogP contribution in [-0.2, 0) is 11.0 Å². The van der Waals surface area contributed by atoms with Gasteiger partial charge in [0, 0.05) is 5.69 Å². The molecule has 1 N–H and O–H groups in total. The summed E-state index contributed by atoms with van der Waals surface area (Å²) in [5, 5.41) is 2.40. The van der Waals surface area contributed by atoms with E-state index in [1.165, 1.54) is 12.1 Å². The fourth-order valence-electron chi connectivity index (χ4n) is 1.69. The number of alkyl halides is 5. The molecule has 1 aromatic carbocycles. The van der Waals surface area contributed by atoms with E-state index >= 15 is 0 Å². The maximum atomic E-state index is 12.5. The molecule has 0 spiro atoms. The zero-order chi connectivity index (χ0) is 14.5. The van der Waals surface area contributed by atoms with Crippen molar-refractivity contribution in [2.75, 3.05) is 5.32 Å². The topological polar surface area (TPSA) is 29.1 Å². The molecule has 0 heterocycles. The van der Waals surface area contributed by atoms with Gasteiger partial charge >= 0.3 is 6.18 Å². The van der Waals surface area contributed by atoms with Crippen molar-refractivity contribution in [3.05, 3.63) is 29.8 Å². The predicted molar refractivity (Wildman–Crippen MR) is 67.2 cm³/mol. The number of carbonyl (C=O) groups is 1. The number of carbonyl (C=O) groups excluding carboxylic acids is 1. The van der Waals surface area contributed by atoms with E-state index in [9.17, 15) is 18.0 Å². The van der Waals surface area contributed by atoms with Crippen LogP contribution in [0.3, 0.4) is 0 Å². The largest absolute Gasteiger partial charge is 0.416 e. The van der Waals surface area contributed by atoms with Gasteiger partial charge in [0.05, 0.1) is 11.0 Å². The Morgan fingerprint density at radius 1 is 1.37 bits per heavy atom. The number of hydrogen-bond acceptors (Lipinski definition) is 1. The van der Waals surface area contributed by atoms with Gasteiger partial charge in [-0.3, -0.25) is 4.79 Å². The number of nitrogens with one attached hydrogen (secondary N) is 1. The number of anilines is 1. The van der Waals surface area contributed by atoms with Gasteiger partial charge in [0.15, 0.2) is 0 Å². The number of amides is 1. The van der Waals surface area contributed by atoms with Crippen molar-refractivity contribution in [2.24, 2.45) is 5.41 Å². The highest BCUT2D eigenvalue weighted by molar-refractivity contribution is 6.53. The summed E-state index contributed by atoms with van der Waals surface area (Å²) in [4.78, 5) is 11.9. The number of rotatable bonds is 2. The first kappa shape index (κ1) is 14.5. The van der Waals surface area contributed by atoms with Gasteiger partial charge in [-0.1, -0.05) is 6.07 Å². The standard InChI is InChI=1S/C12H10Cl2F3NO/c1-10(6-11(10,13)14)9(19)18-8-4-2-3-7(5-8)12(15,16)17/h2-5H,6H2,1H3,(H,18,19). The lowest BCUT2D eigenvalue weighted by molar-refractivity contribution is -0.137. The molecule has 1 aliphatic carbocycles. The highest BCUT2D eigenvalue weighted by Gasteiger charge is 2.67. The first-order valence-electron chi connectivity index (χ1n) is 5.43. The Balaban J connectivity index is 2.15. The molecule has 1 fully saturated rings. The molecule has 1 aromatic rings. The molecule has 1 atom stereocenters. The second-order valence-electron chi connectivity index (χ2n) is 4.75. The average Bonchev–Trinajstić information content (AvgIpc) is 2.79. The Labute approximate surface area is 117 Å². The second kappa shape index (κ2) is 4.28. The molecule has 1 unspecified atom stereocenters. The van der Waals surface area contributed by atoms with Gasteiger partial charge in [-0.2, -0.15) is 13.2 Å². The van der Waals surface area contributed by atoms with Crippen LogP contribution < -0.4 is 5.32 Å². The van der Waals surface area contributed by atoms with Gasteiger partial charge in [0.2, 0.25) is 5.91 Å². The van der Waals surface area contributed by atoms with E-state index in [4.69, 9.17) is 23.2 Å². The third-order valence-electron chi connectivity index (χ3n) is 3.21. The fraction of sp³-hybridized carbons (Fsp3) is 0.417. The Morgan fingerprint density at radius 2 is 1.95 bits per heavy atom.